The molecule has 2 aromatic heterocycles. The van der Waals surface area contributed by atoms with Crippen molar-refractivity contribution in [3.05, 3.63) is 41.6 Å². The highest BCUT2D eigenvalue weighted by molar-refractivity contribution is 5.87. The molecule has 7 heteroatoms. The lowest BCUT2D eigenvalue weighted by molar-refractivity contribution is 0.170. The van der Waals surface area contributed by atoms with Crippen molar-refractivity contribution in [1.29, 1.82) is 0 Å². The molecule has 4 rings (SSSR count). The van der Waals surface area contributed by atoms with Gasteiger partial charge in [0.1, 0.15) is 19.4 Å². The topological polar surface area (TPSA) is 92.3 Å². The standard InChI is InChI=1S/C17H18N4O3/c1-10-2-4-12-16(18-10)20-21-17(12)19-15(22)9-11-3-5-13-14(8-11)24-7-6-23-13/h2-5,8,15,22H,6-7,9H2,1H3,(H2,18,19,20,21). The van der Waals surface area contributed by atoms with Crippen LogP contribution in [-0.2, 0) is 6.42 Å². The number of aryl methyl sites for hydroxylation is 1. The molecule has 124 valence electrons. The zero-order valence-corrected chi connectivity index (χ0v) is 13.2. The van der Waals surface area contributed by atoms with Crippen LogP contribution in [0.4, 0.5) is 5.82 Å². The van der Waals surface area contributed by atoms with E-state index in [-0.39, 0.29) is 0 Å². The summed E-state index contributed by atoms with van der Waals surface area (Å²) in [5, 5.41) is 21.3. The number of anilines is 1. The number of nitrogens with zero attached hydrogens (tertiary/aromatic N) is 2. The average Bonchev–Trinajstić information content (AvgIpc) is 2.96. The molecule has 3 aromatic rings. The van der Waals surface area contributed by atoms with Crippen molar-refractivity contribution in [2.24, 2.45) is 0 Å². The minimum absolute atomic E-state index is 0.421. The molecule has 0 saturated heterocycles. The molecule has 0 bridgehead atoms. The number of aliphatic hydroxyl groups excluding tert-OH is 1. The number of benzene rings is 1. The zero-order valence-electron chi connectivity index (χ0n) is 13.2. The van der Waals surface area contributed by atoms with E-state index in [1.54, 1.807) is 0 Å². The molecule has 1 atom stereocenters. The van der Waals surface area contributed by atoms with Crippen LogP contribution in [-0.4, -0.2) is 39.7 Å². The Bertz CT molecular complexity index is 877. The first-order valence-corrected chi connectivity index (χ1v) is 7.84. The fourth-order valence-corrected chi connectivity index (χ4v) is 2.76. The number of hydrogen-bond acceptors (Lipinski definition) is 6. The van der Waals surface area contributed by atoms with Gasteiger partial charge in [-0.2, -0.15) is 5.10 Å². The maximum atomic E-state index is 10.3. The summed E-state index contributed by atoms with van der Waals surface area (Å²) in [4.78, 5) is 4.37. The van der Waals surface area contributed by atoms with E-state index in [0.29, 0.717) is 31.1 Å². The molecule has 24 heavy (non-hydrogen) atoms. The van der Waals surface area contributed by atoms with Gasteiger partial charge in [0.2, 0.25) is 0 Å². The summed E-state index contributed by atoms with van der Waals surface area (Å²) in [5.41, 5.74) is 2.56. The number of hydrogen-bond donors (Lipinski definition) is 3. The van der Waals surface area contributed by atoms with Crippen molar-refractivity contribution < 1.29 is 14.6 Å². The van der Waals surface area contributed by atoms with E-state index in [1.165, 1.54) is 0 Å². The third-order valence-corrected chi connectivity index (χ3v) is 3.90. The highest BCUT2D eigenvalue weighted by Crippen LogP contribution is 2.31. The van der Waals surface area contributed by atoms with Crippen molar-refractivity contribution >= 4 is 16.9 Å². The first-order valence-electron chi connectivity index (χ1n) is 7.84. The summed E-state index contributed by atoms with van der Waals surface area (Å²) >= 11 is 0. The minimum Gasteiger partial charge on any atom is -0.486 e. The molecule has 0 radical (unpaired) electrons. The van der Waals surface area contributed by atoms with E-state index in [4.69, 9.17) is 9.47 Å². The molecule has 1 unspecified atom stereocenters. The van der Waals surface area contributed by atoms with Gasteiger partial charge in [-0.15, -0.1) is 0 Å². The number of aromatic amines is 1. The van der Waals surface area contributed by atoms with Gasteiger partial charge in [-0.25, -0.2) is 4.98 Å². The van der Waals surface area contributed by atoms with Crippen LogP contribution in [0, 0.1) is 6.92 Å². The first kappa shape index (κ1) is 14.8. The van der Waals surface area contributed by atoms with Gasteiger partial charge in [0.05, 0.1) is 5.39 Å². The molecule has 1 aromatic carbocycles. The van der Waals surface area contributed by atoms with E-state index < -0.39 is 6.23 Å². The number of nitrogens with one attached hydrogen (secondary N) is 2. The Morgan fingerprint density at radius 2 is 2.04 bits per heavy atom. The lowest BCUT2D eigenvalue weighted by atomic mass is 10.1. The molecular weight excluding hydrogens is 308 g/mol. The van der Waals surface area contributed by atoms with Crippen molar-refractivity contribution in [3.8, 4) is 11.5 Å². The Kier molecular flexibility index (Phi) is 3.70. The minimum atomic E-state index is -0.777. The van der Waals surface area contributed by atoms with Crippen molar-refractivity contribution in [3.63, 3.8) is 0 Å². The van der Waals surface area contributed by atoms with E-state index in [2.05, 4.69) is 20.5 Å². The van der Waals surface area contributed by atoms with Gasteiger partial charge in [0, 0.05) is 12.1 Å². The SMILES string of the molecule is Cc1ccc2c(NC(O)Cc3ccc4c(c3)OCCO4)n[nH]c2n1. The van der Waals surface area contributed by atoms with E-state index >= 15 is 0 Å². The summed E-state index contributed by atoms with van der Waals surface area (Å²) in [6.07, 6.45) is -0.357. The average molecular weight is 326 g/mol. The van der Waals surface area contributed by atoms with Crippen LogP contribution in [0.1, 0.15) is 11.3 Å². The molecule has 0 fully saturated rings. The molecule has 3 N–H and O–H groups in total. The third-order valence-electron chi connectivity index (χ3n) is 3.90. The normalized spacial score (nSPS) is 14.6. The Balaban J connectivity index is 1.49. The van der Waals surface area contributed by atoms with Gasteiger partial charge in [-0.05, 0) is 36.8 Å². The number of pyridine rings is 1. The predicted molar refractivity (Wildman–Crippen MR) is 89.4 cm³/mol. The Morgan fingerprint density at radius 1 is 1.21 bits per heavy atom. The highest BCUT2D eigenvalue weighted by Gasteiger charge is 2.15. The molecule has 0 amide bonds. The van der Waals surface area contributed by atoms with Gasteiger partial charge >= 0.3 is 0 Å². The largest absolute Gasteiger partial charge is 0.486 e. The quantitative estimate of drug-likeness (QED) is 0.635. The van der Waals surface area contributed by atoms with Crippen LogP contribution in [0.15, 0.2) is 30.3 Å². The number of aromatic nitrogens is 3. The van der Waals surface area contributed by atoms with E-state index in [9.17, 15) is 5.11 Å². The number of H-pyrrole nitrogens is 1. The highest BCUT2D eigenvalue weighted by atomic mass is 16.6. The monoisotopic (exact) mass is 326 g/mol. The van der Waals surface area contributed by atoms with Crippen molar-refractivity contribution in [1.82, 2.24) is 15.2 Å². The molecule has 7 nitrogen and oxygen atoms in total. The number of ether oxygens (including phenoxy) is 2. The molecule has 1 aliphatic heterocycles. The Morgan fingerprint density at radius 3 is 2.92 bits per heavy atom. The van der Waals surface area contributed by atoms with Crippen LogP contribution >= 0.6 is 0 Å². The van der Waals surface area contributed by atoms with E-state index in [0.717, 1.165) is 28.1 Å². The van der Waals surface area contributed by atoms with Crippen LogP contribution in [0.3, 0.4) is 0 Å². The summed E-state index contributed by atoms with van der Waals surface area (Å²) in [5.74, 6) is 2.05. The van der Waals surface area contributed by atoms with Gasteiger partial charge in [-0.3, -0.25) is 5.10 Å². The predicted octanol–water partition coefficient (Wildman–Crippen LogP) is 2.01. The smallest absolute Gasteiger partial charge is 0.161 e. The Hall–Kier alpha value is -2.80. The molecule has 0 aliphatic carbocycles. The molecular formula is C17H18N4O3. The number of aliphatic hydroxyl groups is 1. The summed E-state index contributed by atoms with van der Waals surface area (Å²) in [6, 6.07) is 9.53. The third kappa shape index (κ3) is 2.85. The second-order valence-corrected chi connectivity index (χ2v) is 5.76. The van der Waals surface area contributed by atoms with Gasteiger partial charge < -0.3 is 19.9 Å². The maximum absolute atomic E-state index is 10.3. The van der Waals surface area contributed by atoms with Gasteiger partial charge in [0.25, 0.3) is 0 Å². The molecule has 0 spiro atoms. The lowest BCUT2D eigenvalue weighted by Gasteiger charge is -2.19. The maximum Gasteiger partial charge on any atom is 0.161 e. The van der Waals surface area contributed by atoms with Gasteiger partial charge in [-0.1, -0.05) is 6.07 Å². The second kappa shape index (κ2) is 6.01. The van der Waals surface area contributed by atoms with Gasteiger partial charge in [0.15, 0.2) is 23.0 Å². The van der Waals surface area contributed by atoms with Crippen molar-refractivity contribution in [2.45, 2.75) is 19.6 Å². The fraction of sp³-hybridized carbons (Fsp3) is 0.294. The van der Waals surface area contributed by atoms with Crippen LogP contribution in [0.5, 0.6) is 11.5 Å². The summed E-state index contributed by atoms with van der Waals surface area (Å²) in [7, 11) is 0. The summed E-state index contributed by atoms with van der Waals surface area (Å²) < 4.78 is 11.1. The van der Waals surface area contributed by atoms with Crippen LogP contribution in [0.25, 0.3) is 11.0 Å². The summed E-state index contributed by atoms with van der Waals surface area (Å²) in [6.45, 7) is 3.03. The number of fused-ring (bicyclic) bond motifs is 2. The lowest BCUT2D eigenvalue weighted by Crippen LogP contribution is -2.22. The molecule has 0 saturated carbocycles. The van der Waals surface area contributed by atoms with Crippen molar-refractivity contribution in [2.75, 3.05) is 18.5 Å². The van der Waals surface area contributed by atoms with Crippen LogP contribution < -0.4 is 14.8 Å². The first-order chi connectivity index (χ1) is 11.7. The zero-order chi connectivity index (χ0) is 16.5. The fourth-order valence-electron chi connectivity index (χ4n) is 2.76. The molecule has 3 heterocycles. The number of rotatable bonds is 4. The second-order valence-electron chi connectivity index (χ2n) is 5.76. The van der Waals surface area contributed by atoms with E-state index in [1.807, 2.05) is 37.3 Å². The molecule has 1 aliphatic rings. The van der Waals surface area contributed by atoms with Crippen LogP contribution in [0.2, 0.25) is 0 Å². The Labute approximate surface area is 138 Å².